The molecule has 1 amide bonds. The fourth-order valence-corrected chi connectivity index (χ4v) is 4.96. The number of carbonyl (C=O) groups excluding carboxylic acids is 1. The first kappa shape index (κ1) is 20.9. The lowest BCUT2D eigenvalue weighted by atomic mass is 9.99. The summed E-state index contributed by atoms with van der Waals surface area (Å²) in [5.41, 5.74) is 14.1. The zero-order valence-corrected chi connectivity index (χ0v) is 19.1. The Morgan fingerprint density at radius 3 is 2.14 bits per heavy atom. The molecule has 35 heavy (non-hydrogen) atoms. The Balaban J connectivity index is 1.62. The van der Waals surface area contributed by atoms with Crippen molar-refractivity contribution in [3.8, 4) is 22.3 Å². The number of rotatable bonds is 5. The van der Waals surface area contributed by atoms with Gasteiger partial charge in [-0.2, -0.15) is 0 Å². The van der Waals surface area contributed by atoms with Crippen LogP contribution in [-0.2, 0) is 6.54 Å². The molecule has 167 valence electrons. The van der Waals surface area contributed by atoms with Gasteiger partial charge in [0.05, 0.1) is 11.0 Å². The van der Waals surface area contributed by atoms with Crippen LogP contribution in [0.25, 0.3) is 44.1 Å². The van der Waals surface area contributed by atoms with Gasteiger partial charge in [-0.25, -0.2) is 0 Å². The minimum Gasteiger partial charge on any atom is -0.366 e. The van der Waals surface area contributed by atoms with Gasteiger partial charge >= 0.3 is 0 Å². The number of benzene rings is 5. The first-order valence-electron chi connectivity index (χ1n) is 11.7. The van der Waals surface area contributed by atoms with E-state index < -0.39 is 5.91 Å². The Labute approximate surface area is 204 Å². The van der Waals surface area contributed by atoms with Gasteiger partial charge in [-0.05, 0) is 58.1 Å². The Hall–Kier alpha value is -4.63. The van der Waals surface area contributed by atoms with Gasteiger partial charge in [0.15, 0.2) is 0 Å². The molecule has 1 aromatic heterocycles. The van der Waals surface area contributed by atoms with Crippen molar-refractivity contribution in [2.45, 2.75) is 6.54 Å². The third-order valence-corrected chi connectivity index (χ3v) is 6.60. The highest BCUT2D eigenvalue weighted by Gasteiger charge is 2.18. The highest BCUT2D eigenvalue weighted by Crippen LogP contribution is 2.35. The fraction of sp³-hybridized carbons (Fsp3) is 0.0312. The van der Waals surface area contributed by atoms with Crippen molar-refractivity contribution in [2.75, 3.05) is 0 Å². The van der Waals surface area contributed by atoms with E-state index in [1.54, 1.807) is 6.07 Å². The van der Waals surface area contributed by atoms with Gasteiger partial charge in [0.2, 0.25) is 5.91 Å². The minimum atomic E-state index is -0.431. The molecule has 0 saturated heterocycles. The van der Waals surface area contributed by atoms with Crippen LogP contribution in [0.1, 0.15) is 15.9 Å². The maximum atomic E-state index is 12.4. The normalized spacial score (nSPS) is 11.2. The molecule has 1 radical (unpaired) electrons. The van der Waals surface area contributed by atoms with Crippen LogP contribution in [-0.4, -0.2) is 10.5 Å². The standard InChI is InChI=1S/C32H23N2O/c33-32(35)28-16-9-17-29-31(28)27-19-18-24(22-10-3-1-4-11-22)20-30(27)34(29)21-25-14-7-8-15-26(25)23-12-5-2-6-13-23/h1-18,20H,21H2,(H2,33,35). The molecule has 0 spiro atoms. The zero-order chi connectivity index (χ0) is 23.8. The molecule has 1 heterocycles. The topological polar surface area (TPSA) is 48.0 Å². The largest absolute Gasteiger partial charge is 0.366 e. The summed E-state index contributed by atoms with van der Waals surface area (Å²) in [6.07, 6.45) is 0. The molecule has 6 rings (SSSR count). The van der Waals surface area contributed by atoms with Crippen molar-refractivity contribution in [1.29, 1.82) is 0 Å². The molecule has 5 aromatic carbocycles. The molecular weight excluding hydrogens is 428 g/mol. The van der Waals surface area contributed by atoms with Crippen molar-refractivity contribution in [2.24, 2.45) is 5.73 Å². The third-order valence-electron chi connectivity index (χ3n) is 6.60. The molecule has 3 nitrogen and oxygen atoms in total. The second-order valence-corrected chi connectivity index (χ2v) is 8.69. The van der Waals surface area contributed by atoms with Crippen LogP contribution in [0.15, 0.2) is 115 Å². The first-order valence-corrected chi connectivity index (χ1v) is 11.7. The van der Waals surface area contributed by atoms with Gasteiger partial charge in [-0.3, -0.25) is 4.79 Å². The number of nitrogens with zero attached hydrogens (tertiary/aromatic N) is 1. The molecular formula is C32H23N2O. The van der Waals surface area contributed by atoms with Crippen LogP contribution in [0.3, 0.4) is 0 Å². The minimum absolute atomic E-state index is 0.431. The summed E-state index contributed by atoms with van der Waals surface area (Å²) in [5.74, 6) is -0.431. The second-order valence-electron chi connectivity index (χ2n) is 8.69. The SMILES string of the molecule is NC(=O)c1cccc2c1c1[c]cc(-c3ccccc3)cc1n2Cc1ccccc1-c1ccccc1. The Bertz CT molecular complexity index is 1680. The average Bonchev–Trinajstić information content (AvgIpc) is 3.23. The smallest absolute Gasteiger partial charge is 0.249 e. The van der Waals surface area contributed by atoms with Crippen molar-refractivity contribution < 1.29 is 4.79 Å². The van der Waals surface area contributed by atoms with Crippen LogP contribution in [0.2, 0.25) is 0 Å². The van der Waals surface area contributed by atoms with Crippen LogP contribution in [0, 0.1) is 6.07 Å². The van der Waals surface area contributed by atoms with Crippen molar-refractivity contribution in [1.82, 2.24) is 4.57 Å². The average molecular weight is 452 g/mol. The zero-order valence-electron chi connectivity index (χ0n) is 19.1. The molecule has 6 aromatic rings. The molecule has 0 unspecified atom stereocenters. The van der Waals surface area contributed by atoms with E-state index in [-0.39, 0.29) is 0 Å². The van der Waals surface area contributed by atoms with E-state index in [0.29, 0.717) is 12.1 Å². The van der Waals surface area contributed by atoms with Crippen molar-refractivity contribution in [3.63, 3.8) is 0 Å². The Morgan fingerprint density at radius 1 is 0.714 bits per heavy atom. The molecule has 0 fully saturated rings. The lowest BCUT2D eigenvalue weighted by Crippen LogP contribution is -2.11. The number of amides is 1. The number of carbonyl (C=O) groups is 1. The van der Waals surface area contributed by atoms with E-state index in [1.165, 1.54) is 16.7 Å². The number of hydrogen-bond acceptors (Lipinski definition) is 1. The van der Waals surface area contributed by atoms with Crippen molar-refractivity contribution in [3.05, 3.63) is 132 Å². The van der Waals surface area contributed by atoms with Crippen LogP contribution >= 0.6 is 0 Å². The summed E-state index contributed by atoms with van der Waals surface area (Å²) in [7, 11) is 0. The highest BCUT2D eigenvalue weighted by atomic mass is 16.1. The monoisotopic (exact) mass is 451 g/mol. The van der Waals surface area contributed by atoms with Crippen LogP contribution in [0.5, 0.6) is 0 Å². The molecule has 3 heteroatoms. The van der Waals surface area contributed by atoms with E-state index in [9.17, 15) is 4.79 Å². The molecule has 0 aliphatic heterocycles. The number of fused-ring (bicyclic) bond motifs is 3. The van der Waals surface area contributed by atoms with Crippen LogP contribution < -0.4 is 5.73 Å². The third kappa shape index (κ3) is 3.68. The number of hydrogen-bond donors (Lipinski definition) is 1. The predicted octanol–water partition coefficient (Wildman–Crippen LogP) is 7.08. The van der Waals surface area contributed by atoms with Gasteiger partial charge in [-0.1, -0.05) is 91.0 Å². The predicted molar refractivity (Wildman–Crippen MR) is 143 cm³/mol. The molecule has 2 N–H and O–H groups in total. The lowest BCUT2D eigenvalue weighted by molar-refractivity contribution is 0.100. The van der Waals surface area contributed by atoms with E-state index in [1.807, 2.05) is 36.4 Å². The Kier molecular flexibility index (Phi) is 5.16. The van der Waals surface area contributed by atoms with Crippen molar-refractivity contribution >= 4 is 27.7 Å². The molecule has 0 bridgehead atoms. The fourth-order valence-electron chi connectivity index (χ4n) is 4.96. The maximum Gasteiger partial charge on any atom is 0.249 e. The number of primary amides is 1. The number of nitrogens with two attached hydrogens (primary N) is 1. The van der Waals surface area contributed by atoms with Crippen LogP contribution in [0.4, 0.5) is 0 Å². The van der Waals surface area contributed by atoms with E-state index >= 15 is 0 Å². The molecule has 0 aliphatic rings. The lowest BCUT2D eigenvalue weighted by Gasteiger charge is -2.13. The summed E-state index contributed by atoms with van der Waals surface area (Å²) in [6.45, 7) is 0.652. The molecule has 0 saturated carbocycles. The molecule has 0 aliphatic carbocycles. The second kappa shape index (κ2) is 8.62. The summed E-state index contributed by atoms with van der Waals surface area (Å²) < 4.78 is 2.28. The first-order chi connectivity index (χ1) is 17.2. The summed E-state index contributed by atoms with van der Waals surface area (Å²) in [5, 5.41) is 1.76. The van der Waals surface area contributed by atoms with E-state index in [4.69, 9.17) is 5.73 Å². The van der Waals surface area contributed by atoms with E-state index in [0.717, 1.165) is 32.9 Å². The summed E-state index contributed by atoms with van der Waals surface area (Å²) >= 11 is 0. The van der Waals surface area contributed by atoms with Gasteiger partial charge < -0.3 is 10.3 Å². The van der Waals surface area contributed by atoms with Gasteiger partial charge in [0.1, 0.15) is 0 Å². The Morgan fingerprint density at radius 2 is 1.40 bits per heavy atom. The maximum absolute atomic E-state index is 12.4. The quantitative estimate of drug-likeness (QED) is 0.299. The summed E-state index contributed by atoms with van der Waals surface area (Å²) in [4.78, 5) is 12.4. The van der Waals surface area contributed by atoms with Gasteiger partial charge in [0, 0.05) is 22.9 Å². The number of aromatic nitrogens is 1. The van der Waals surface area contributed by atoms with E-state index in [2.05, 4.69) is 83.4 Å². The van der Waals surface area contributed by atoms with Gasteiger partial charge in [-0.15, -0.1) is 0 Å². The summed E-state index contributed by atoms with van der Waals surface area (Å²) in [6, 6.07) is 42.6. The van der Waals surface area contributed by atoms with Gasteiger partial charge in [0.25, 0.3) is 0 Å². The highest BCUT2D eigenvalue weighted by molar-refractivity contribution is 6.18. The molecule has 0 atom stereocenters.